The molecule has 0 aliphatic heterocycles. The molecule has 120 valence electrons. The second-order valence-electron chi connectivity index (χ2n) is 4.07. The summed E-state index contributed by atoms with van der Waals surface area (Å²) < 4.78 is 37.8. The summed E-state index contributed by atoms with van der Waals surface area (Å²) >= 11 is 0. The predicted octanol–water partition coefficient (Wildman–Crippen LogP) is 1.46. The first-order valence-electron chi connectivity index (χ1n) is 5.83. The summed E-state index contributed by atoms with van der Waals surface area (Å²) in [5.74, 6) is 0. The molecule has 0 rings (SSSR count). The summed E-state index contributed by atoms with van der Waals surface area (Å²) in [5, 5.41) is 9.44. The zero-order chi connectivity index (χ0) is 15.8. The van der Waals surface area contributed by atoms with Crippen molar-refractivity contribution in [2.45, 2.75) is 12.5 Å². The number of nitrogens with zero attached hydrogens (tertiary/aromatic N) is 1. The summed E-state index contributed by atoms with van der Waals surface area (Å²) in [6.45, 7) is 3.64. The number of hydrogen-bond donors (Lipinski definition) is 2. The molecule has 20 heavy (non-hydrogen) atoms. The predicted molar refractivity (Wildman–Crippen MR) is 75.7 cm³/mol. The largest absolute Gasteiger partial charge is 0.389 e. The van der Waals surface area contributed by atoms with Crippen LogP contribution in [-0.4, -0.2) is 61.4 Å². The zero-order valence-corrected chi connectivity index (χ0v) is 13.8. The molecule has 0 heterocycles. The third-order valence-electron chi connectivity index (χ3n) is 2.61. The third-order valence-corrected chi connectivity index (χ3v) is 5.79. The van der Waals surface area contributed by atoms with Crippen molar-refractivity contribution in [2.24, 2.45) is 0 Å². The van der Waals surface area contributed by atoms with Gasteiger partial charge in [0.25, 0.3) is 0 Å². The standard InChI is InChI=1S/C10H23NO7P2/c1-5-10(12)6-7-11(8-19(13,14)16-2)9-20(15,17-3)18-4/h5,10,12H,1,6-9H2,2-4H3,(H,13,14). The highest BCUT2D eigenvalue weighted by Crippen LogP contribution is 2.49. The molecule has 0 amide bonds. The maximum Gasteiger partial charge on any atom is 0.344 e. The maximum atomic E-state index is 12.1. The molecule has 8 nitrogen and oxygen atoms in total. The van der Waals surface area contributed by atoms with Crippen molar-refractivity contribution in [3.8, 4) is 0 Å². The van der Waals surface area contributed by atoms with Crippen LogP contribution in [0, 0.1) is 0 Å². The van der Waals surface area contributed by atoms with Crippen molar-refractivity contribution < 1.29 is 32.7 Å². The molecular formula is C10H23NO7P2. The molecule has 0 saturated heterocycles. The molecule has 2 unspecified atom stereocenters. The summed E-state index contributed by atoms with van der Waals surface area (Å²) in [7, 11) is -3.61. The first kappa shape index (κ1) is 20.0. The van der Waals surface area contributed by atoms with E-state index in [1.54, 1.807) is 0 Å². The molecule has 2 atom stereocenters. The number of aliphatic hydroxyl groups is 1. The minimum atomic E-state index is -3.82. The van der Waals surface area contributed by atoms with E-state index in [0.29, 0.717) is 0 Å². The van der Waals surface area contributed by atoms with Crippen LogP contribution in [0.5, 0.6) is 0 Å². The van der Waals surface area contributed by atoms with Crippen LogP contribution in [0.2, 0.25) is 0 Å². The Labute approximate surface area is 119 Å². The molecule has 0 aliphatic rings. The fourth-order valence-electron chi connectivity index (χ4n) is 1.36. The van der Waals surface area contributed by atoms with Crippen LogP contribution in [0.1, 0.15) is 6.42 Å². The Morgan fingerprint density at radius 3 is 2.15 bits per heavy atom. The van der Waals surface area contributed by atoms with E-state index in [1.165, 1.54) is 25.2 Å². The molecule has 0 aliphatic carbocycles. The van der Waals surface area contributed by atoms with Crippen LogP contribution in [0.25, 0.3) is 0 Å². The van der Waals surface area contributed by atoms with Crippen molar-refractivity contribution in [3.05, 3.63) is 12.7 Å². The van der Waals surface area contributed by atoms with Gasteiger partial charge in [0.05, 0.1) is 6.10 Å². The Kier molecular flexibility index (Phi) is 9.06. The SMILES string of the molecule is C=CC(O)CCN(CP(=O)(O)OC)CP(=O)(OC)OC. The number of hydrogen-bond acceptors (Lipinski definition) is 7. The second-order valence-corrected chi connectivity index (χ2v) is 8.22. The van der Waals surface area contributed by atoms with Gasteiger partial charge in [-0.15, -0.1) is 6.58 Å². The van der Waals surface area contributed by atoms with Gasteiger partial charge in [0.1, 0.15) is 12.6 Å². The van der Waals surface area contributed by atoms with Crippen LogP contribution in [0.3, 0.4) is 0 Å². The average molecular weight is 331 g/mol. The molecule has 0 saturated carbocycles. The van der Waals surface area contributed by atoms with Crippen LogP contribution in [0.4, 0.5) is 0 Å². The highest BCUT2D eigenvalue weighted by molar-refractivity contribution is 7.54. The van der Waals surface area contributed by atoms with Gasteiger partial charge in [-0.2, -0.15) is 0 Å². The van der Waals surface area contributed by atoms with Gasteiger partial charge in [0, 0.05) is 27.9 Å². The lowest BCUT2D eigenvalue weighted by Gasteiger charge is -2.27. The summed E-state index contributed by atoms with van der Waals surface area (Å²) in [6.07, 6.45) is 0.324. The van der Waals surface area contributed by atoms with Crippen molar-refractivity contribution in [3.63, 3.8) is 0 Å². The quantitative estimate of drug-likeness (QED) is 0.433. The van der Waals surface area contributed by atoms with Crippen LogP contribution in [0.15, 0.2) is 12.7 Å². The van der Waals surface area contributed by atoms with Gasteiger partial charge < -0.3 is 23.6 Å². The molecule has 0 spiro atoms. The Morgan fingerprint density at radius 1 is 1.20 bits per heavy atom. The Bertz CT molecular complexity index is 382. The van der Waals surface area contributed by atoms with Gasteiger partial charge in [0.2, 0.25) is 0 Å². The fraction of sp³-hybridized carbons (Fsp3) is 0.800. The number of aliphatic hydroxyl groups excluding tert-OH is 1. The molecule has 0 aromatic carbocycles. The smallest absolute Gasteiger partial charge is 0.344 e. The van der Waals surface area contributed by atoms with Crippen molar-refractivity contribution >= 4 is 15.2 Å². The van der Waals surface area contributed by atoms with E-state index in [4.69, 9.17) is 9.05 Å². The molecule has 0 fully saturated rings. The van der Waals surface area contributed by atoms with E-state index in [1.807, 2.05) is 0 Å². The molecule has 2 N–H and O–H groups in total. The summed E-state index contributed by atoms with van der Waals surface area (Å²) in [6, 6.07) is 0. The third kappa shape index (κ3) is 7.67. The molecule has 10 heteroatoms. The molecule has 0 aromatic rings. The first-order valence-corrected chi connectivity index (χ1v) is 9.32. The highest BCUT2D eigenvalue weighted by Gasteiger charge is 2.30. The minimum absolute atomic E-state index is 0.183. The monoisotopic (exact) mass is 331 g/mol. The minimum Gasteiger partial charge on any atom is -0.389 e. The van der Waals surface area contributed by atoms with Gasteiger partial charge in [-0.1, -0.05) is 6.08 Å². The van der Waals surface area contributed by atoms with E-state index in [-0.39, 0.29) is 25.5 Å². The Morgan fingerprint density at radius 2 is 1.75 bits per heavy atom. The molecule has 0 radical (unpaired) electrons. The Hall–Kier alpha value is -0.0400. The average Bonchev–Trinajstić information content (AvgIpc) is 2.43. The van der Waals surface area contributed by atoms with E-state index in [2.05, 4.69) is 11.1 Å². The van der Waals surface area contributed by atoms with E-state index < -0.39 is 21.3 Å². The second kappa shape index (κ2) is 9.07. The van der Waals surface area contributed by atoms with Gasteiger partial charge in [-0.25, -0.2) is 0 Å². The first-order chi connectivity index (χ1) is 9.21. The van der Waals surface area contributed by atoms with Gasteiger partial charge in [-0.05, 0) is 6.42 Å². The van der Waals surface area contributed by atoms with E-state index in [9.17, 15) is 19.1 Å². The van der Waals surface area contributed by atoms with Crippen molar-refractivity contribution in [1.82, 2.24) is 4.90 Å². The highest BCUT2D eigenvalue weighted by atomic mass is 31.2. The normalized spacial score (nSPS) is 16.9. The molecule has 0 bridgehead atoms. The van der Waals surface area contributed by atoms with Gasteiger partial charge >= 0.3 is 15.2 Å². The van der Waals surface area contributed by atoms with Crippen LogP contribution in [-0.2, 0) is 22.7 Å². The lowest BCUT2D eigenvalue weighted by atomic mass is 10.2. The number of rotatable bonds is 11. The summed E-state index contributed by atoms with van der Waals surface area (Å²) in [5.41, 5.74) is 0. The maximum absolute atomic E-state index is 12.1. The zero-order valence-electron chi connectivity index (χ0n) is 12.0. The van der Waals surface area contributed by atoms with E-state index in [0.717, 1.165) is 7.11 Å². The van der Waals surface area contributed by atoms with Crippen LogP contribution < -0.4 is 0 Å². The van der Waals surface area contributed by atoms with Gasteiger partial charge in [0.15, 0.2) is 0 Å². The fourth-order valence-corrected chi connectivity index (χ4v) is 3.50. The van der Waals surface area contributed by atoms with Crippen LogP contribution >= 0.6 is 15.2 Å². The molecule has 0 aromatic heterocycles. The summed E-state index contributed by atoms with van der Waals surface area (Å²) in [4.78, 5) is 10.9. The topological polar surface area (TPSA) is 106 Å². The van der Waals surface area contributed by atoms with Crippen molar-refractivity contribution in [2.75, 3.05) is 40.4 Å². The Balaban J connectivity index is 4.82. The lowest BCUT2D eigenvalue weighted by molar-refractivity contribution is 0.180. The van der Waals surface area contributed by atoms with Crippen molar-refractivity contribution in [1.29, 1.82) is 0 Å². The van der Waals surface area contributed by atoms with E-state index >= 15 is 0 Å². The lowest BCUT2D eigenvalue weighted by Crippen LogP contribution is -2.30. The molecular weight excluding hydrogens is 308 g/mol. The van der Waals surface area contributed by atoms with Gasteiger partial charge in [-0.3, -0.25) is 14.0 Å².